The molecule has 1 aliphatic heterocycles. The highest BCUT2D eigenvalue weighted by atomic mass is 19.1. The van der Waals surface area contributed by atoms with E-state index >= 15 is 0 Å². The van der Waals surface area contributed by atoms with Crippen molar-refractivity contribution in [2.24, 2.45) is 0 Å². The molecule has 0 radical (unpaired) electrons. The van der Waals surface area contributed by atoms with E-state index in [0.29, 0.717) is 24.5 Å². The summed E-state index contributed by atoms with van der Waals surface area (Å²) in [6.45, 7) is 1.29. The number of hydrogen-bond acceptors (Lipinski definition) is 5. The van der Waals surface area contributed by atoms with Gasteiger partial charge in [0.2, 0.25) is 0 Å². The van der Waals surface area contributed by atoms with Crippen LogP contribution in [0.25, 0.3) is 0 Å². The number of nitrogens with one attached hydrogen (secondary N) is 1. The van der Waals surface area contributed by atoms with Crippen molar-refractivity contribution in [3.8, 4) is 0 Å². The van der Waals surface area contributed by atoms with Crippen LogP contribution in [0.4, 0.5) is 10.2 Å². The maximum absolute atomic E-state index is 13.7. The minimum Gasteiger partial charge on any atom is -0.354 e. The Balaban J connectivity index is 1.56. The molecule has 1 N–H and O–H groups in total. The van der Waals surface area contributed by atoms with Gasteiger partial charge in [-0.25, -0.2) is 14.4 Å². The van der Waals surface area contributed by atoms with Crippen LogP contribution in [0.15, 0.2) is 37.1 Å². The Morgan fingerprint density at radius 2 is 2.09 bits per heavy atom. The Labute approximate surface area is 127 Å². The number of nitrogens with zero attached hydrogens (tertiary/aromatic N) is 4. The monoisotopic (exact) mass is 301 g/mol. The summed E-state index contributed by atoms with van der Waals surface area (Å²) < 4.78 is 13.7. The third kappa shape index (κ3) is 3.19. The molecule has 6 nitrogen and oxygen atoms in total. The first-order chi connectivity index (χ1) is 10.7. The maximum atomic E-state index is 13.7. The van der Waals surface area contributed by atoms with Gasteiger partial charge in [0, 0.05) is 31.5 Å². The van der Waals surface area contributed by atoms with Gasteiger partial charge in [0.15, 0.2) is 11.6 Å². The van der Waals surface area contributed by atoms with Crippen molar-refractivity contribution in [2.45, 2.75) is 18.9 Å². The number of anilines is 1. The first-order valence-corrected chi connectivity index (χ1v) is 7.15. The Hall–Kier alpha value is -2.57. The van der Waals surface area contributed by atoms with Crippen LogP contribution in [-0.2, 0) is 0 Å². The summed E-state index contributed by atoms with van der Waals surface area (Å²) in [6.07, 6.45) is 7.17. The predicted molar refractivity (Wildman–Crippen MR) is 78.9 cm³/mol. The van der Waals surface area contributed by atoms with E-state index in [2.05, 4.69) is 20.3 Å². The lowest BCUT2D eigenvalue weighted by molar-refractivity contribution is 0.0930. The van der Waals surface area contributed by atoms with Crippen LogP contribution in [0.2, 0.25) is 0 Å². The number of pyridine rings is 1. The van der Waals surface area contributed by atoms with Crippen molar-refractivity contribution >= 4 is 11.7 Å². The molecule has 0 aliphatic carbocycles. The van der Waals surface area contributed by atoms with E-state index < -0.39 is 5.82 Å². The number of hydrogen-bond donors (Lipinski definition) is 1. The van der Waals surface area contributed by atoms with E-state index in [0.717, 1.165) is 12.8 Å². The first kappa shape index (κ1) is 14.4. The predicted octanol–water partition coefficient (Wildman–Crippen LogP) is 1.41. The largest absolute Gasteiger partial charge is 0.354 e. The van der Waals surface area contributed by atoms with Gasteiger partial charge in [0.25, 0.3) is 5.91 Å². The quantitative estimate of drug-likeness (QED) is 0.928. The molecule has 3 rings (SSSR count). The molecule has 1 fully saturated rings. The van der Waals surface area contributed by atoms with Crippen LogP contribution in [0, 0.1) is 5.82 Å². The minimum atomic E-state index is -0.416. The highest BCUT2D eigenvalue weighted by Gasteiger charge is 2.23. The molecule has 0 aromatic carbocycles. The number of piperidine rings is 1. The molecule has 114 valence electrons. The molecule has 1 saturated heterocycles. The first-order valence-electron chi connectivity index (χ1n) is 7.15. The van der Waals surface area contributed by atoms with E-state index in [9.17, 15) is 9.18 Å². The van der Waals surface area contributed by atoms with Crippen LogP contribution >= 0.6 is 0 Å². The molecule has 7 heteroatoms. The zero-order valence-electron chi connectivity index (χ0n) is 11.9. The minimum absolute atomic E-state index is 0.0776. The number of carbonyl (C=O) groups is 1. The highest BCUT2D eigenvalue weighted by molar-refractivity contribution is 5.94. The summed E-state index contributed by atoms with van der Waals surface area (Å²) in [4.78, 5) is 25.5. The zero-order chi connectivity index (χ0) is 15.4. The molecule has 0 saturated carbocycles. The Bertz CT molecular complexity index is 643. The fourth-order valence-corrected chi connectivity index (χ4v) is 2.54. The van der Waals surface area contributed by atoms with Crippen molar-refractivity contribution in [3.05, 3.63) is 48.4 Å². The molecular weight excluding hydrogens is 285 g/mol. The van der Waals surface area contributed by atoms with Crippen LogP contribution in [0.1, 0.15) is 23.2 Å². The summed E-state index contributed by atoms with van der Waals surface area (Å²) in [5, 5.41) is 2.99. The lowest BCUT2D eigenvalue weighted by Gasteiger charge is -2.33. The van der Waals surface area contributed by atoms with Gasteiger partial charge in [-0.15, -0.1) is 0 Å². The maximum Gasteiger partial charge on any atom is 0.253 e. The van der Waals surface area contributed by atoms with Crippen LogP contribution in [0.5, 0.6) is 0 Å². The average molecular weight is 301 g/mol. The fraction of sp³-hybridized carbons (Fsp3) is 0.333. The van der Waals surface area contributed by atoms with Crippen molar-refractivity contribution in [1.29, 1.82) is 0 Å². The molecule has 0 bridgehead atoms. The summed E-state index contributed by atoms with van der Waals surface area (Å²) in [6, 6.07) is 3.54. The Kier molecular flexibility index (Phi) is 4.22. The van der Waals surface area contributed by atoms with Gasteiger partial charge in [0.05, 0.1) is 11.8 Å². The van der Waals surface area contributed by atoms with Crippen molar-refractivity contribution in [3.63, 3.8) is 0 Å². The van der Waals surface area contributed by atoms with E-state index in [1.54, 1.807) is 24.5 Å². The molecule has 1 amide bonds. The molecule has 1 aliphatic rings. The SMILES string of the molecule is O=C(NC1CCN(c2ncncc2F)CC1)c1cccnc1. The van der Waals surface area contributed by atoms with E-state index in [-0.39, 0.29) is 11.9 Å². The molecule has 22 heavy (non-hydrogen) atoms. The molecule has 0 unspecified atom stereocenters. The van der Waals surface area contributed by atoms with E-state index in [1.807, 2.05) is 4.90 Å². The van der Waals surface area contributed by atoms with Gasteiger partial charge in [0.1, 0.15) is 6.33 Å². The lowest BCUT2D eigenvalue weighted by atomic mass is 10.0. The second kappa shape index (κ2) is 6.46. The Morgan fingerprint density at radius 3 is 2.77 bits per heavy atom. The fourth-order valence-electron chi connectivity index (χ4n) is 2.54. The summed E-state index contributed by atoms with van der Waals surface area (Å²) in [5.41, 5.74) is 0.548. The van der Waals surface area contributed by atoms with Crippen LogP contribution in [0.3, 0.4) is 0 Å². The molecule has 3 heterocycles. The lowest BCUT2D eigenvalue weighted by Crippen LogP contribution is -2.45. The average Bonchev–Trinajstić information content (AvgIpc) is 2.57. The van der Waals surface area contributed by atoms with Crippen molar-refractivity contribution < 1.29 is 9.18 Å². The number of halogens is 1. The second-order valence-corrected chi connectivity index (χ2v) is 5.17. The standard InChI is InChI=1S/C15H16FN5O/c16-13-9-18-10-19-14(13)21-6-3-12(4-7-21)20-15(22)11-2-1-5-17-8-11/h1-2,5,8-10,12H,3-4,6-7H2,(H,20,22). The van der Waals surface area contributed by atoms with Crippen LogP contribution in [-0.4, -0.2) is 40.0 Å². The molecule has 0 atom stereocenters. The van der Waals surface area contributed by atoms with E-state index in [4.69, 9.17) is 0 Å². The number of carbonyl (C=O) groups excluding carboxylic acids is 1. The highest BCUT2D eigenvalue weighted by Crippen LogP contribution is 2.20. The smallest absolute Gasteiger partial charge is 0.253 e. The van der Waals surface area contributed by atoms with Crippen molar-refractivity contribution in [2.75, 3.05) is 18.0 Å². The zero-order valence-corrected chi connectivity index (χ0v) is 11.9. The van der Waals surface area contributed by atoms with E-state index in [1.165, 1.54) is 12.5 Å². The van der Waals surface area contributed by atoms with Gasteiger partial charge >= 0.3 is 0 Å². The second-order valence-electron chi connectivity index (χ2n) is 5.17. The van der Waals surface area contributed by atoms with Gasteiger partial charge in [-0.05, 0) is 25.0 Å². The topological polar surface area (TPSA) is 71.0 Å². The summed E-state index contributed by atoms with van der Waals surface area (Å²) in [7, 11) is 0. The van der Waals surface area contributed by atoms with Gasteiger partial charge in [-0.2, -0.15) is 0 Å². The summed E-state index contributed by atoms with van der Waals surface area (Å²) >= 11 is 0. The number of aromatic nitrogens is 3. The number of rotatable bonds is 3. The third-order valence-electron chi connectivity index (χ3n) is 3.70. The van der Waals surface area contributed by atoms with Gasteiger partial charge < -0.3 is 10.2 Å². The van der Waals surface area contributed by atoms with Crippen molar-refractivity contribution in [1.82, 2.24) is 20.3 Å². The van der Waals surface area contributed by atoms with Gasteiger partial charge in [-0.3, -0.25) is 9.78 Å². The molecule has 2 aromatic heterocycles. The third-order valence-corrected chi connectivity index (χ3v) is 3.70. The molecule has 0 spiro atoms. The summed E-state index contributed by atoms with van der Waals surface area (Å²) in [5.74, 6) is -0.216. The normalized spacial score (nSPS) is 15.6. The molecular formula is C15H16FN5O. The van der Waals surface area contributed by atoms with Gasteiger partial charge in [-0.1, -0.05) is 0 Å². The van der Waals surface area contributed by atoms with Crippen LogP contribution < -0.4 is 10.2 Å². The Morgan fingerprint density at radius 1 is 1.27 bits per heavy atom. The number of amides is 1. The molecule has 2 aromatic rings.